The zero-order valence-electron chi connectivity index (χ0n) is 31.9. The number of hydrogen-bond acceptors (Lipinski definition) is 8. The summed E-state index contributed by atoms with van der Waals surface area (Å²) in [6, 6.07) is 47.4. The zero-order chi connectivity index (χ0) is 39.2. The maximum Gasteiger partial charge on any atom is 0.338 e. The van der Waals surface area contributed by atoms with Crippen molar-refractivity contribution in [1.82, 2.24) is 10.6 Å². The van der Waals surface area contributed by atoms with Crippen molar-refractivity contribution in [3.63, 3.8) is 0 Å². The second-order valence-electron chi connectivity index (χ2n) is 13.9. The Bertz CT molecular complexity index is 2030. The van der Waals surface area contributed by atoms with Gasteiger partial charge >= 0.3 is 12.0 Å². The van der Waals surface area contributed by atoms with Crippen LogP contribution >= 0.6 is 0 Å². The summed E-state index contributed by atoms with van der Waals surface area (Å²) in [4.78, 5) is 27.8. The highest BCUT2D eigenvalue weighted by molar-refractivity contribution is 5.95. The molecule has 57 heavy (non-hydrogen) atoms. The normalized spacial score (nSPS) is 22.0. The molecule has 0 bridgehead atoms. The van der Waals surface area contributed by atoms with Crippen LogP contribution in [-0.4, -0.2) is 55.7 Å². The maximum atomic E-state index is 14.1. The van der Waals surface area contributed by atoms with Crippen LogP contribution in [0.25, 0.3) is 0 Å². The van der Waals surface area contributed by atoms with Crippen molar-refractivity contribution in [3.05, 3.63) is 191 Å². The number of benzene rings is 5. The average Bonchev–Trinajstić information content (AvgIpc) is 3.26. The summed E-state index contributed by atoms with van der Waals surface area (Å²) in [6.07, 6.45) is -4.16. The van der Waals surface area contributed by atoms with Gasteiger partial charge < -0.3 is 39.1 Å². The summed E-state index contributed by atoms with van der Waals surface area (Å²) in [6.45, 7) is 2.99. The van der Waals surface area contributed by atoms with Gasteiger partial charge in [-0.3, -0.25) is 0 Å². The summed E-state index contributed by atoms with van der Waals surface area (Å²) in [5, 5.41) is 5.91. The Hall–Kier alpha value is -5.62. The van der Waals surface area contributed by atoms with E-state index in [1.54, 1.807) is 6.92 Å². The molecular formula is C47H48N2O8. The van der Waals surface area contributed by atoms with Gasteiger partial charge in [-0.25, -0.2) is 9.59 Å². The highest BCUT2D eigenvalue weighted by Gasteiger charge is 2.52. The van der Waals surface area contributed by atoms with E-state index >= 15 is 0 Å². The van der Waals surface area contributed by atoms with E-state index in [2.05, 4.69) is 10.6 Å². The molecule has 2 N–H and O–H groups in total. The summed E-state index contributed by atoms with van der Waals surface area (Å²) in [5.74, 6) is -0.597. The fraction of sp³-hybridized carbons (Fsp3) is 0.277. The molecule has 0 aromatic heterocycles. The molecule has 0 spiro atoms. The molecule has 0 radical (unpaired) electrons. The maximum absolute atomic E-state index is 14.1. The third-order valence-electron chi connectivity index (χ3n) is 9.90. The molecule has 6 atom stereocenters. The molecule has 294 valence electrons. The Morgan fingerprint density at radius 1 is 0.596 bits per heavy atom. The predicted molar refractivity (Wildman–Crippen MR) is 214 cm³/mol. The minimum atomic E-state index is -1.03. The first-order valence-electron chi connectivity index (χ1n) is 19.3. The van der Waals surface area contributed by atoms with Gasteiger partial charge in [0.15, 0.2) is 0 Å². The van der Waals surface area contributed by atoms with Gasteiger partial charge in [0.2, 0.25) is 0 Å². The van der Waals surface area contributed by atoms with Crippen molar-refractivity contribution in [2.75, 3.05) is 13.2 Å². The highest BCUT2D eigenvalue weighted by Crippen LogP contribution is 2.38. The van der Waals surface area contributed by atoms with E-state index in [1.807, 2.05) is 152 Å². The molecule has 2 heterocycles. The molecule has 0 unspecified atom stereocenters. The lowest BCUT2D eigenvalue weighted by Gasteiger charge is -2.48. The highest BCUT2D eigenvalue weighted by atomic mass is 16.6. The van der Waals surface area contributed by atoms with Crippen LogP contribution in [0.3, 0.4) is 0 Å². The van der Waals surface area contributed by atoms with Crippen LogP contribution in [0.15, 0.2) is 163 Å². The van der Waals surface area contributed by atoms with Gasteiger partial charge in [0.25, 0.3) is 0 Å². The number of esters is 1. The molecule has 1 saturated heterocycles. The molecule has 2 aliphatic rings. The number of carbonyl (C=O) groups is 2. The summed E-state index contributed by atoms with van der Waals surface area (Å²) < 4.78 is 39.7. The average molecular weight is 769 g/mol. The van der Waals surface area contributed by atoms with Crippen molar-refractivity contribution in [2.24, 2.45) is 0 Å². The zero-order valence-corrected chi connectivity index (χ0v) is 31.9. The topological polar surface area (TPSA) is 114 Å². The SMILES string of the molecule is CCOC(=O)C1=C([C@@H]2O[C@H](COCc3ccccc3)[C@H](OCc3ccccc3)[C@H](OCc3ccccc3)[C@H]2OCc2ccccc2)NC(=O)N[C@@H]1c1ccccc1. The van der Waals surface area contributed by atoms with Crippen molar-refractivity contribution in [2.45, 2.75) is 69.9 Å². The Balaban J connectivity index is 1.34. The summed E-state index contributed by atoms with van der Waals surface area (Å²) in [7, 11) is 0. The lowest BCUT2D eigenvalue weighted by molar-refractivity contribution is -0.266. The van der Waals surface area contributed by atoms with E-state index < -0.39 is 48.6 Å². The van der Waals surface area contributed by atoms with E-state index in [-0.39, 0.29) is 44.3 Å². The number of amides is 2. The Morgan fingerprint density at radius 3 is 1.56 bits per heavy atom. The minimum absolute atomic E-state index is 0.109. The molecule has 7 rings (SSSR count). The first kappa shape index (κ1) is 39.6. The Morgan fingerprint density at radius 2 is 1.05 bits per heavy atom. The molecule has 5 aromatic carbocycles. The number of hydrogen-bond donors (Lipinski definition) is 2. The van der Waals surface area contributed by atoms with Crippen LogP contribution in [-0.2, 0) is 59.6 Å². The Labute approximate surface area is 333 Å². The third kappa shape index (κ3) is 10.4. The van der Waals surface area contributed by atoms with Crippen LogP contribution in [0.2, 0.25) is 0 Å². The van der Waals surface area contributed by atoms with Gasteiger partial charge in [0, 0.05) is 0 Å². The number of urea groups is 1. The summed E-state index contributed by atoms with van der Waals surface area (Å²) in [5.41, 5.74) is 4.97. The first-order valence-corrected chi connectivity index (χ1v) is 19.3. The molecule has 0 aliphatic carbocycles. The van der Waals surface area contributed by atoms with Gasteiger partial charge in [-0.05, 0) is 34.7 Å². The van der Waals surface area contributed by atoms with Gasteiger partial charge in [-0.1, -0.05) is 152 Å². The van der Waals surface area contributed by atoms with Crippen LogP contribution in [0.5, 0.6) is 0 Å². The minimum Gasteiger partial charge on any atom is -0.463 e. The van der Waals surface area contributed by atoms with Crippen LogP contribution in [0.1, 0.15) is 40.8 Å². The van der Waals surface area contributed by atoms with Gasteiger partial charge in [0.1, 0.15) is 30.5 Å². The van der Waals surface area contributed by atoms with Gasteiger partial charge in [0.05, 0.1) is 57.0 Å². The largest absolute Gasteiger partial charge is 0.463 e. The second kappa shape index (κ2) is 20.0. The van der Waals surface area contributed by atoms with Crippen LogP contribution in [0, 0.1) is 0 Å². The number of carbonyl (C=O) groups excluding carboxylic acids is 2. The smallest absolute Gasteiger partial charge is 0.338 e. The van der Waals surface area contributed by atoms with Crippen molar-refractivity contribution in [3.8, 4) is 0 Å². The molecule has 0 saturated carbocycles. The van der Waals surface area contributed by atoms with E-state index in [9.17, 15) is 9.59 Å². The van der Waals surface area contributed by atoms with Crippen molar-refractivity contribution in [1.29, 1.82) is 0 Å². The molecule has 1 fully saturated rings. The van der Waals surface area contributed by atoms with E-state index in [1.165, 1.54) is 0 Å². The Kier molecular flexibility index (Phi) is 13.9. The van der Waals surface area contributed by atoms with Gasteiger partial charge in [-0.15, -0.1) is 0 Å². The standard InChI is InChI=1S/C47H48N2O8/c1-2-53-46(50)39-40(37-26-16-7-17-27-37)48-47(51)49-41(39)43-45(56-31-36-24-14-6-15-25-36)44(55-30-35-22-12-5-13-23-35)42(54-29-34-20-10-4-11-21-34)38(57-43)32-52-28-33-18-8-3-9-19-33/h3-27,38,40,42-45H,2,28-32H2,1H3,(H2,48,49,51)/t38-,40-,42+,43+,44+,45+/m1/s1. The lowest BCUT2D eigenvalue weighted by Crippen LogP contribution is -2.64. The molecule has 2 aliphatic heterocycles. The molecular weight excluding hydrogens is 721 g/mol. The molecule has 5 aromatic rings. The van der Waals surface area contributed by atoms with Gasteiger partial charge in [-0.2, -0.15) is 0 Å². The van der Waals surface area contributed by atoms with Crippen molar-refractivity contribution < 1.29 is 38.0 Å². The quantitative estimate of drug-likeness (QED) is 0.0931. The fourth-order valence-electron chi connectivity index (χ4n) is 7.16. The third-order valence-corrected chi connectivity index (χ3v) is 9.90. The fourth-order valence-corrected chi connectivity index (χ4v) is 7.16. The monoisotopic (exact) mass is 768 g/mol. The summed E-state index contributed by atoms with van der Waals surface area (Å²) >= 11 is 0. The van der Waals surface area contributed by atoms with Crippen LogP contribution < -0.4 is 10.6 Å². The van der Waals surface area contributed by atoms with E-state index in [0.717, 1.165) is 22.3 Å². The first-order chi connectivity index (χ1) is 28.1. The van der Waals surface area contributed by atoms with Crippen molar-refractivity contribution >= 4 is 12.0 Å². The lowest BCUT2D eigenvalue weighted by atomic mass is 9.87. The molecule has 10 nitrogen and oxygen atoms in total. The predicted octanol–water partition coefficient (Wildman–Crippen LogP) is 7.60. The van der Waals surface area contributed by atoms with E-state index in [4.69, 9.17) is 28.4 Å². The number of nitrogens with one attached hydrogen (secondary N) is 2. The van der Waals surface area contributed by atoms with E-state index in [0.29, 0.717) is 12.2 Å². The van der Waals surface area contributed by atoms with Crippen LogP contribution in [0.4, 0.5) is 4.79 Å². The number of ether oxygens (including phenoxy) is 6. The second-order valence-corrected chi connectivity index (χ2v) is 13.9. The molecule has 2 amide bonds. The molecule has 10 heteroatoms. The number of rotatable bonds is 17.